The lowest BCUT2D eigenvalue weighted by Gasteiger charge is -2.19. The maximum absolute atomic E-state index is 12.6. The third kappa shape index (κ3) is 3.44. The first kappa shape index (κ1) is 18.4. The zero-order valence-corrected chi connectivity index (χ0v) is 16.5. The lowest BCUT2D eigenvalue weighted by atomic mass is 9.87. The molecule has 1 aromatic heterocycles. The molecule has 3 aromatic rings. The molecule has 5 heteroatoms. The number of hydrogen-bond donors (Lipinski definition) is 2. The van der Waals surface area contributed by atoms with Gasteiger partial charge in [0, 0.05) is 35.5 Å². The number of rotatable bonds is 6. The Morgan fingerprint density at radius 3 is 2.79 bits per heavy atom. The highest BCUT2D eigenvalue weighted by Gasteiger charge is 2.24. The van der Waals surface area contributed by atoms with Gasteiger partial charge in [-0.25, -0.2) is 0 Å². The van der Waals surface area contributed by atoms with Crippen molar-refractivity contribution in [3.8, 4) is 11.5 Å². The van der Waals surface area contributed by atoms with Crippen LogP contribution in [0.15, 0.2) is 42.6 Å². The van der Waals surface area contributed by atoms with Gasteiger partial charge in [-0.05, 0) is 49.1 Å². The summed E-state index contributed by atoms with van der Waals surface area (Å²) in [5.74, 6) is 1.45. The second-order valence-corrected chi connectivity index (χ2v) is 7.53. The van der Waals surface area contributed by atoms with E-state index in [0.717, 1.165) is 34.6 Å². The van der Waals surface area contributed by atoms with Gasteiger partial charge in [-0.2, -0.15) is 0 Å². The van der Waals surface area contributed by atoms with Crippen molar-refractivity contribution in [2.75, 3.05) is 6.79 Å². The van der Waals surface area contributed by atoms with Crippen molar-refractivity contribution in [2.45, 2.75) is 45.6 Å². The highest BCUT2D eigenvalue weighted by molar-refractivity contribution is 5.88. The van der Waals surface area contributed by atoms with Gasteiger partial charge in [-0.15, -0.1) is 0 Å². The Kier molecular flexibility index (Phi) is 4.99. The van der Waals surface area contributed by atoms with Crippen LogP contribution in [0.25, 0.3) is 10.9 Å². The third-order valence-electron chi connectivity index (χ3n) is 5.23. The maximum atomic E-state index is 12.6. The van der Waals surface area contributed by atoms with Crippen LogP contribution in [0, 0.1) is 0 Å². The molecule has 2 aromatic carbocycles. The molecule has 0 spiro atoms. The maximum Gasteiger partial charge on any atom is 0.231 e. The van der Waals surface area contributed by atoms with E-state index < -0.39 is 0 Å². The highest BCUT2D eigenvalue weighted by Crippen LogP contribution is 2.39. The molecule has 0 fully saturated rings. The predicted molar refractivity (Wildman–Crippen MR) is 110 cm³/mol. The summed E-state index contributed by atoms with van der Waals surface area (Å²) in [5.41, 5.74) is 4.60. The smallest absolute Gasteiger partial charge is 0.231 e. The fourth-order valence-electron chi connectivity index (χ4n) is 3.93. The largest absolute Gasteiger partial charge is 0.454 e. The van der Waals surface area contributed by atoms with Gasteiger partial charge >= 0.3 is 0 Å². The Bertz CT molecular complexity index is 1010. The molecule has 0 bridgehead atoms. The molecular weight excluding hydrogens is 352 g/mol. The lowest BCUT2D eigenvalue weighted by molar-refractivity contribution is -0.121. The van der Waals surface area contributed by atoms with Crippen molar-refractivity contribution in [2.24, 2.45) is 0 Å². The number of benzene rings is 2. The van der Waals surface area contributed by atoms with Crippen molar-refractivity contribution >= 4 is 16.8 Å². The predicted octanol–water partition coefficient (Wildman–Crippen LogP) is 4.51. The summed E-state index contributed by atoms with van der Waals surface area (Å²) >= 11 is 0. The molecule has 0 aliphatic carbocycles. The molecule has 0 saturated heterocycles. The quantitative estimate of drug-likeness (QED) is 0.664. The van der Waals surface area contributed by atoms with Gasteiger partial charge in [0.25, 0.3) is 0 Å². The summed E-state index contributed by atoms with van der Waals surface area (Å²) in [6, 6.07) is 12.4. The number of H-pyrrole nitrogens is 1. The van der Waals surface area contributed by atoms with Gasteiger partial charge in [0.1, 0.15) is 0 Å². The minimum absolute atomic E-state index is 0.0404. The molecule has 1 aliphatic rings. The topological polar surface area (TPSA) is 63.4 Å². The van der Waals surface area contributed by atoms with Gasteiger partial charge < -0.3 is 19.8 Å². The molecule has 5 nitrogen and oxygen atoms in total. The second kappa shape index (κ2) is 7.58. The zero-order chi connectivity index (χ0) is 19.7. The fraction of sp³-hybridized carbons (Fsp3) is 0.348. The second-order valence-electron chi connectivity index (χ2n) is 7.53. The van der Waals surface area contributed by atoms with Gasteiger partial charge in [0.15, 0.2) is 11.5 Å². The van der Waals surface area contributed by atoms with Crippen LogP contribution in [0.3, 0.4) is 0 Å². The molecule has 4 rings (SSSR count). The van der Waals surface area contributed by atoms with Gasteiger partial charge in [0.05, 0.1) is 0 Å². The highest BCUT2D eigenvalue weighted by atomic mass is 16.7. The van der Waals surface area contributed by atoms with E-state index in [4.69, 9.17) is 9.47 Å². The number of hydrogen-bond acceptors (Lipinski definition) is 3. The molecule has 1 amide bonds. The van der Waals surface area contributed by atoms with Gasteiger partial charge in [-0.1, -0.05) is 31.2 Å². The number of aromatic nitrogens is 1. The Labute approximate surface area is 165 Å². The SMILES string of the molecule is CCc1cccc2c([C@H](CC(=O)NC(C)C)c3ccc4c(c3)OCO4)c[nH]c12. The Morgan fingerprint density at radius 1 is 1.18 bits per heavy atom. The van der Waals surface area contributed by atoms with E-state index in [9.17, 15) is 4.79 Å². The minimum atomic E-state index is -0.0749. The standard InChI is InChI=1S/C23H26N2O3/c1-4-15-6-5-7-17-19(12-24-23(15)17)18(11-22(26)25-14(2)3)16-8-9-20-21(10-16)28-13-27-20/h5-10,12,14,18,24H,4,11,13H2,1-3H3,(H,25,26)/t18-/m1/s1. The number of aryl methyl sites for hydroxylation is 1. The number of aromatic amines is 1. The van der Waals surface area contributed by atoms with Gasteiger partial charge in [-0.3, -0.25) is 4.79 Å². The van der Waals surface area contributed by atoms with E-state index >= 15 is 0 Å². The normalized spacial score (nSPS) is 13.9. The van der Waals surface area contributed by atoms with Crippen molar-refractivity contribution in [1.82, 2.24) is 10.3 Å². The van der Waals surface area contributed by atoms with E-state index in [1.807, 2.05) is 38.2 Å². The first-order valence-electron chi connectivity index (χ1n) is 9.84. The van der Waals surface area contributed by atoms with Crippen LogP contribution >= 0.6 is 0 Å². The Balaban J connectivity index is 1.78. The van der Waals surface area contributed by atoms with Crippen molar-refractivity contribution < 1.29 is 14.3 Å². The van der Waals surface area contributed by atoms with Crippen molar-refractivity contribution in [3.63, 3.8) is 0 Å². The molecule has 2 heterocycles. The number of carbonyl (C=O) groups is 1. The summed E-state index contributed by atoms with van der Waals surface area (Å²) in [7, 11) is 0. The minimum Gasteiger partial charge on any atom is -0.454 e. The summed E-state index contributed by atoms with van der Waals surface area (Å²) in [4.78, 5) is 16.1. The summed E-state index contributed by atoms with van der Waals surface area (Å²) in [6.45, 7) is 6.35. The van der Waals surface area contributed by atoms with E-state index in [1.54, 1.807) is 0 Å². The van der Waals surface area contributed by atoms with Gasteiger partial charge in [0.2, 0.25) is 12.7 Å². The molecule has 1 aliphatic heterocycles. The molecule has 2 N–H and O–H groups in total. The molecule has 0 saturated carbocycles. The number of nitrogens with one attached hydrogen (secondary N) is 2. The first-order valence-corrected chi connectivity index (χ1v) is 9.84. The Hall–Kier alpha value is -2.95. The van der Waals surface area contributed by atoms with E-state index in [2.05, 4.69) is 35.4 Å². The monoisotopic (exact) mass is 378 g/mol. The summed E-state index contributed by atoms with van der Waals surface area (Å²) in [5, 5.41) is 4.19. The number of amides is 1. The molecule has 1 atom stereocenters. The molecular formula is C23H26N2O3. The molecule has 0 radical (unpaired) electrons. The third-order valence-corrected chi connectivity index (χ3v) is 5.23. The van der Waals surface area contributed by atoms with Crippen LogP contribution in [-0.2, 0) is 11.2 Å². The van der Waals surface area contributed by atoms with Crippen LogP contribution < -0.4 is 14.8 Å². The number of fused-ring (bicyclic) bond motifs is 2. The van der Waals surface area contributed by atoms with Crippen LogP contribution in [0.1, 0.15) is 49.8 Å². The Morgan fingerprint density at radius 2 is 2.00 bits per heavy atom. The molecule has 0 unspecified atom stereocenters. The van der Waals surface area contributed by atoms with Crippen molar-refractivity contribution in [1.29, 1.82) is 0 Å². The van der Waals surface area contributed by atoms with Crippen LogP contribution in [-0.4, -0.2) is 23.7 Å². The molecule has 28 heavy (non-hydrogen) atoms. The fourth-order valence-corrected chi connectivity index (χ4v) is 3.93. The van der Waals surface area contributed by atoms with Crippen molar-refractivity contribution in [3.05, 3.63) is 59.3 Å². The number of para-hydroxylation sites is 1. The van der Waals surface area contributed by atoms with Crippen LogP contribution in [0.2, 0.25) is 0 Å². The average molecular weight is 378 g/mol. The van der Waals surface area contributed by atoms with Crippen LogP contribution in [0.4, 0.5) is 0 Å². The van der Waals surface area contributed by atoms with E-state index in [1.165, 1.54) is 10.9 Å². The first-order chi connectivity index (χ1) is 13.6. The number of carbonyl (C=O) groups excluding carboxylic acids is 1. The lowest BCUT2D eigenvalue weighted by Crippen LogP contribution is -2.31. The average Bonchev–Trinajstić information content (AvgIpc) is 3.31. The summed E-state index contributed by atoms with van der Waals surface area (Å²) < 4.78 is 11.0. The van der Waals surface area contributed by atoms with E-state index in [-0.39, 0.29) is 24.7 Å². The van der Waals surface area contributed by atoms with E-state index in [0.29, 0.717) is 6.42 Å². The zero-order valence-electron chi connectivity index (χ0n) is 16.5. The molecule has 146 valence electrons. The number of ether oxygens (including phenoxy) is 2. The van der Waals surface area contributed by atoms with Crippen LogP contribution in [0.5, 0.6) is 11.5 Å². The summed E-state index contributed by atoms with van der Waals surface area (Å²) in [6.07, 6.45) is 3.38.